The van der Waals surface area contributed by atoms with Crippen LogP contribution in [0.4, 0.5) is 0 Å². The minimum absolute atomic E-state index is 0.227. The van der Waals surface area contributed by atoms with Crippen molar-refractivity contribution in [2.45, 2.75) is 31.7 Å². The average molecular weight is 301 g/mol. The van der Waals surface area contributed by atoms with E-state index in [1.807, 2.05) is 12.1 Å². The third kappa shape index (κ3) is 5.97. The highest BCUT2D eigenvalue weighted by molar-refractivity contribution is 8.00. The molecule has 5 heteroatoms. The molecule has 1 N–H and O–H groups in total. The number of rotatable bonds is 8. The molecule has 1 aromatic carbocycles. The lowest BCUT2D eigenvalue weighted by Gasteiger charge is -2.13. The monoisotopic (exact) mass is 301 g/mol. The largest absolute Gasteiger partial charge is 0.310 e. The molecule has 0 spiro atoms. The van der Waals surface area contributed by atoms with E-state index in [9.17, 15) is 8.42 Å². The van der Waals surface area contributed by atoms with Crippen molar-refractivity contribution >= 4 is 21.6 Å². The van der Waals surface area contributed by atoms with E-state index in [2.05, 4.69) is 31.3 Å². The van der Waals surface area contributed by atoms with Gasteiger partial charge < -0.3 is 5.32 Å². The molecule has 1 aromatic rings. The first kappa shape index (κ1) is 16.5. The van der Waals surface area contributed by atoms with Gasteiger partial charge in [0.1, 0.15) is 0 Å². The van der Waals surface area contributed by atoms with E-state index in [0.29, 0.717) is 11.8 Å². The Morgan fingerprint density at radius 2 is 2.05 bits per heavy atom. The third-order valence-corrected chi connectivity index (χ3v) is 5.93. The zero-order valence-electron chi connectivity index (χ0n) is 11.8. The summed E-state index contributed by atoms with van der Waals surface area (Å²) < 4.78 is 22.9. The number of benzene rings is 1. The van der Waals surface area contributed by atoms with Gasteiger partial charge in [-0.15, -0.1) is 11.8 Å². The van der Waals surface area contributed by atoms with Gasteiger partial charge in [0.15, 0.2) is 9.84 Å². The Morgan fingerprint density at radius 3 is 2.68 bits per heavy atom. The van der Waals surface area contributed by atoms with Gasteiger partial charge in [-0.1, -0.05) is 26.0 Å². The molecule has 108 valence electrons. The molecule has 0 bridgehead atoms. The van der Waals surface area contributed by atoms with Crippen LogP contribution in [0, 0.1) is 0 Å². The van der Waals surface area contributed by atoms with Gasteiger partial charge in [-0.3, -0.25) is 0 Å². The second kappa shape index (κ2) is 7.92. The first-order valence-corrected chi connectivity index (χ1v) is 9.45. The minimum atomic E-state index is -2.86. The predicted octanol–water partition coefficient (Wildman–Crippen LogP) is 2.88. The highest BCUT2D eigenvalue weighted by atomic mass is 32.2. The van der Waals surface area contributed by atoms with Gasteiger partial charge in [-0.25, -0.2) is 8.42 Å². The van der Waals surface area contributed by atoms with E-state index >= 15 is 0 Å². The lowest BCUT2D eigenvalue weighted by atomic mass is 10.1. The number of nitrogens with one attached hydrogen (secondary N) is 1. The molecule has 0 saturated heterocycles. The maximum atomic E-state index is 11.4. The maximum absolute atomic E-state index is 11.4. The molecule has 1 unspecified atom stereocenters. The molecule has 3 nitrogen and oxygen atoms in total. The normalized spacial score (nSPS) is 13.4. The van der Waals surface area contributed by atoms with Crippen LogP contribution in [-0.4, -0.2) is 32.2 Å². The summed E-state index contributed by atoms with van der Waals surface area (Å²) in [5.41, 5.74) is 1.24. The van der Waals surface area contributed by atoms with Crippen molar-refractivity contribution in [3.8, 4) is 0 Å². The van der Waals surface area contributed by atoms with Crippen molar-refractivity contribution in [3.05, 3.63) is 29.8 Å². The molecule has 0 aliphatic carbocycles. The van der Waals surface area contributed by atoms with Gasteiger partial charge >= 0.3 is 0 Å². The van der Waals surface area contributed by atoms with E-state index in [1.54, 1.807) is 18.7 Å². The van der Waals surface area contributed by atoms with Crippen molar-refractivity contribution in [2.24, 2.45) is 0 Å². The second-order valence-electron chi connectivity index (χ2n) is 4.44. The zero-order valence-corrected chi connectivity index (χ0v) is 13.5. The summed E-state index contributed by atoms with van der Waals surface area (Å²) in [6.45, 7) is 6.85. The van der Waals surface area contributed by atoms with Crippen LogP contribution >= 0.6 is 11.8 Å². The fourth-order valence-corrected chi connectivity index (χ4v) is 4.00. The van der Waals surface area contributed by atoms with E-state index in [0.717, 1.165) is 11.4 Å². The third-order valence-electron chi connectivity index (χ3n) is 2.97. The number of hydrogen-bond acceptors (Lipinski definition) is 4. The lowest BCUT2D eigenvalue weighted by Crippen LogP contribution is -2.17. The van der Waals surface area contributed by atoms with Crippen molar-refractivity contribution in [3.63, 3.8) is 0 Å². The summed E-state index contributed by atoms with van der Waals surface area (Å²) in [7, 11) is -2.86. The van der Waals surface area contributed by atoms with E-state index in [4.69, 9.17) is 0 Å². The number of thioether (sulfide) groups is 1. The van der Waals surface area contributed by atoms with Gasteiger partial charge in [0.25, 0.3) is 0 Å². The Balaban J connectivity index is 2.58. The molecule has 0 aliphatic rings. The van der Waals surface area contributed by atoms with Crippen LogP contribution in [0.15, 0.2) is 29.2 Å². The Labute approximate surface area is 121 Å². The van der Waals surface area contributed by atoms with Crippen LogP contribution in [0.2, 0.25) is 0 Å². The SMILES string of the molecule is CCNC(C)c1cccc(SCCS(=O)(=O)CC)c1. The van der Waals surface area contributed by atoms with Crippen LogP contribution in [0.25, 0.3) is 0 Å². The molecule has 1 atom stereocenters. The Hall–Kier alpha value is -0.520. The highest BCUT2D eigenvalue weighted by Crippen LogP contribution is 2.22. The quantitative estimate of drug-likeness (QED) is 0.750. The molecule has 1 rings (SSSR count). The van der Waals surface area contributed by atoms with Gasteiger partial charge in [0.05, 0.1) is 5.75 Å². The predicted molar refractivity (Wildman–Crippen MR) is 83.6 cm³/mol. The first-order chi connectivity index (χ1) is 8.98. The molecule has 0 fully saturated rings. The summed E-state index contributed by atoms with van der Waals surface area (Å²) in [6.07, 6.45) is 0. The van der Waals surface area contributed by atoms with Gasteiger partial charge in [-0.2, -0.15) is 0 Å². The van der Waals surface area contributed by atoms with E-state index < -0.39 is 9.84 Å². The minimum Gasteiger partial charge on any atom is -0.310 e. The summed E-state index contributed by atoms with van der Waals surface area (Å²) in [6, 6.07) is 8.62. The lowest BCUT2D eigenvalue weighted by molar-refractivity contribution is 0.597. The van der Waals surface area contributed by atoms with Crippen LogP contribution in [0.3, 0.4) is 0 Å². The molecule has 0 heterocycles. The summed E-state index contributed by atoms with van der Waals surface area (Å²) in [5.74, 6) is 1.10. The Morgan fingerprint density at radius 1 is 1.32 bits per heavy atom. The fourth-order valence-electron chi connectivity index (χ4n) is 1.73. The van der Waals surface area contributed by atoms with Crippen molar-refractivity contribution in [1.82, 2.24) is 5.32 Å². The summed E-state index contributed by atoms with van der Waals surface area (Å²) in [5, 5.41) is 3.37. The standard InChI is InChI=1S/C14H23NO2S2/c1-4-15-12(3)13-7-6-8-14(11-13)18-9-10-19(16,17)5-2/h6-8,11-12,15H,4-5,9-10H2,1-3H3. The molecule has 19 heavy (non-hydrogen) atoms. The smallest absolute Gasteiger partial charge is 0.150 e. The number of hydrogen-bond donors (Lipinski definition) is 1. The molecule has 0 aromatic heterocycles. The topological polar surface area (TPSA) is 46.2 Å². The molecular weight excluding hydrogens is 278 g/mol. The Bertz CT molecular complexity index is 486. The fraction of sp³-hybridized carbons (Fsp3) is 0.571. The first-order valence-electron chi connectivity index (χ1n) is 6.65. The zero-order chi connectivity index (χ0) is 14.3. The van der Waals surface area contributed by atoms with Gasteiger partial charge in [0.2, 0.25) is 0 Å². The molecule has 0 saturated carbocycles. The maximum Gasteiger partial charge on any atom is 0.150 e. The van der Waals surface area contributed by atoms with Crippen LogP contribution in [0.5, 0.6) is 0 Å². The van der Waals surface area contributed by atoms with Crippen LogP contribution < -0.4 is 5.32 Å². The molecule has 0 amide bonds. The second-order valence-corrected chi connectivity index (χ2v) is 8.08. The van der Waals surface area contributed by atoms with Crippen molar-refractivity contribution < 1.29 is 8.42 Å². The molecule has 0 aliphatic heterocycles. The summed E-state index contributed by atoms with van der Waals surface area (Å²) >= 11 is 1.61. The van der Waals surface area contributed by atoms with E-state index in [-0.39, 0.29) is 11.5 Å². The van der Waals surface area contributed by atoms with E-state index in [1.165, 1.54) is 5.56 Å². The molecular formula is C14H23NO2S2. The van der Waals surface area contributed by atoms with Crippen molar-refractivity contribution in [2.75, 3.05) is 23.8 Å². The average Bonchev–Trinajstić information content (AvgIpc) is 2.39. The van der Waals surface area contributed by atoms with Crippen LogP contribution in [-0.2, 0) is 9.84 Å². The Kier molecular flexibility index (Phi) is 6.89. The van der Waals surface area contributed by atoms with Gasteiger partial charge in [-0.05, 0) is 31.2 Å². The van der Waals surface area contributed by atoms with Crippen molar-refractivity contribution in [1.29, 1.82) is 0 Å². The number of sulfone groups is 1. The summed E-state index contributed by atoms with van der Waals surface area (Å²) in [4.78, 5) is 1.13. The van der Waals surface area contributed by atoms with Crippen LogP contribution in [0.1, 0.15) is 32.4 Å². The highest BCUT2D eigenvalue weighted by Gasteiger charge is 2.08. The van der Waals surface area contributed by atoms with Gasteiger partial charge in [0, 0.05) is 22.4 Å². The molecule has 0 radical (unpaired) electrons.